The van der Waals surface area contributed by atoms with Crippen LogP contribution in [0.15, 0.2) is 0 Å². The normalized spacial score (nSPS) is 14.6. The first-order valence-corrected chi connectivity index (χ1v) is 4.39. The molecule has 1 unspecified atom stereocenters. The Labute approximate surface area is 92.8 Å². The van der Waals surface area contributed by atoms with E-state index < -0.39 is 35.9 Å². The van der Waals surface area contributed by atoms with Crippen molar-refractivity contribution in [3.63, 3.8) is 0 Å². The van der Waals surface area contributed by atoms with Crippen molar-refractivity contribution in [3.8, 4) is 0 Å². The van der Waals surface area contributed by atoms with E-state index in [0.717, 1.165) is 13.8 Å². The molecule has 1 amide bonds. The van der Waals surface area contributed by atoms with Crippen LogP contribution in [-0.4, -0.2) is 35.1 Å². The number of hydrogen-bond donors (Lipinski definition) is 2. The third-order valence-electron chi connectivity index (χ3n) is 1.89. The first-order valence-electron chi connectivity index (χ1n) is 4.39. The van der Waals surface area contributed by atoms with E-state index >= 15 is 0 Å². The molecular formula is C8H10F5NO3. The summed E-state index contributed by atoms with van der Waals surface area (Å²) in [6, 6.07) is -2.12. The number of ketones is 1. The van der Waals surface area contributed by atoms with Gasteiger partial charge in [0.15, 0.2) is 0 Å². The highest BCUT2D eigenvalue weighted by atomic mass is 19.4. The summed E-state index contributed by atoms with van der Waals surface area (Å²) in [4.78, 5) is 21.2. The van der Waals surface area contributed by atoms with Crippen molar-refractivity contribution in [1.29, 1.82) is 0 Å². The molecule has 0 aliphatic heterocycles. The van der Waals surface area contributed by atoms with Gasteiger partial charge in [0.05, 0.1) is 6.04 Å². The zero-order valence-electron chi connectivity index (χ0n) is 8.81. The Morgan fingerprint density at radius 3 is 1.76 bits per heavy atom. The summed E-state index contributed by atoms with van der Waals surface area (Å²) in [6.07, 6.45) is -7.90. The second-order valence-electron chi connectivity index (χ2n) is 3.61. The van der Waals surface area contributed by atoms with Crippen molar-refractivity contribution in [2.24, 2.45) is 5.92 Å². The second kappa shape index (κ2) is 4.84. The maximum absolute atomic E-state index is 12.7. The van der Waals surface area contributed by atoms with Gasteiger partial charge in [-0.1, -0.05) is 13.8 Å². The summed E-state index contributed by atoms with van der Waals surface area (Å²) in [7, 11) is 0. The monoisotopic (exact) mass is 263 g/mol. The van der Waals surface area contributed by atoms with Gasteiger partial charge < -0.3 is 10.4 Å². The Kier molecular flexibility index (Phi) is 4.44. The summed E-state index contributed by atoms with van der Waals surface area (Å²) >= 11 is 0. The van der Waals surface area contributed by atoms with Gasteiger partial charge in [-0.05, 0) is 5.92 Å². The van der Waals surface area contributed by atoms with Crippen LogP contribution in [0, 0.1) is 5.92 Å². The lowest BCUT2D eigenvalue weighted by molar-refractivity contribution is -0.269. The number of nitrogens with one attached hydrogen (secondary N) is 1. The Bertz CT molecular complexity index is 313. The molecule has 0 aromatic carbocycles. The minimum Gasteiger partial charge on any atom is -0.465 e. The van der Waals surface area contributed by atoms with Gasteiger partial charge in [-0.2, -0.15) is 22.0 Å². The van der Waals surface area contributed by atoms with Crippen LogP contribution >= 0.6 is 0 Å². The maximum Gasteiger partial charge on any atom is 0.461 e. The van der Waals surface area contributed by atoms with Crippen LogP contribution in [-0.2, 0) is 4.79 Å². The predicted molar refractivity (Wildman–Crippen MR) is 45.8 cm³/mol. The lowest BCUT2D eigenvalue weighted by Gasteiger charge is -2.25. The van der Waals surface area contributed by atoms with E-state index in [1.54, 1.807) is 0 Å². The molecular weight excluding hydrogens is 253 g/mol. The van der Waals surface area contributed by atoms with Crippen LogP contribution < -0.4 is 5.32 Å². The number of carboxylic acid groups (broad SMARTS) is 1. The second-order valence-corrected chi connectivity index (χ2v) is 3.61. The van der Waals surface area contributed by atoms with E-state index in [-0.39, 0.29) is 0 Å². The average Bonchev–Trinajstić information content (AvgIpc) is 2.10. The zero-order valence-corrected chi connectivity index (χ0v) is 8.81. The van der Waals surface area contributed by atoms with Crippen molar-refractivity contribution >= 4 is 11.9 Å². The maximum atomic E-state index is 12.7. The molecule has 0 saturated carbocycles. The van der Waals surface area contributed by atoms with E-state index in [0.29, 0.717) is 0 Å². The van der Waals surface area contributed by atoms with Crippen LogP contribution in [0.2, 0.25) is 0 Å². The van der Waals surface area contributed by atoms with Gasteiger partial charge in [0, 0.05) is 0 Å². The molecule has 9 heteroatoms. The van der Waals surface area contributed by atoms with Crippen molar-refractivity contribution in [3.05, 3.63) is 0 Å². The van der Waals surface area contributed by atoms with Crippen LogP contribution in [0.4, 0.5) is 26.7 Å². The molecule has 4 nitrogen and oxygen atoms in total. The fraction of sp³-hybridized carbons (Fsp3) is 0.750. The van der Waals surface area contributed by atoms with E-state index in [1.165, 1.54) is 5.32 Å². The third kappa shape index (κ3) is 3.53. The molecule has 0 fully saturated rings. The molecule has 0 aromatic heterocycles. The summed E-state index contributed by atoms with van der Waals surface area (Å²) in [5.41, 5.74) is 0. The number of hydrogen-bond acceptors (Lipinski definition) is 2. The van der Waals surface area contributed by atoms with Gasteiger partial charge in [-0.15, -0.1) is 0 Å². The molecule has 2 N–H and O–H groups in total. The van der Waals surface area contributed by atoms with Crippen LogP contribution in [0.3, 0.4) is 0 Å². The minimum absolute atomic E-state index is 1.04. The lowest BCUT2D eigenvalue weighted by Crippen LogP contribution is -2.55. The first-order chi connectivity index (χ1) is 7.41. The molecule has 0 saturated heterocycles. The number of halogens is 5. The van der Waals surface area contributed by atoms with Crippen molar-refractivity contribution in [1.82, 2.24) is 5.32 Å². The van der Waals surface area contributed by atoms with Gasteiger partial charge >= 0.3 is 18.2 Å². The molecule has 0 radical (unpaired) electrons. The highest BCUT2D eigenvalue weighted by Gasteiger charge is 2.64. The highest BCUT2D eigenvalue weighted by Crippen LogP contribution is 2.37. The van der Waals surface area contributed by atoms with Crippen LogP contribution in [0.25, 0.3) is 0 Å². The number of carbonyl (C=O) groups excluding carboxylic acids is 1. The smallest absolute Gasteiger partial charge is 0.461 e. The van der Waals surface area contributed by atoms with Crippen molar-refractivity contribution in [2.45, 2.75) is 32.0 Å². The zero-order chi connectivity index (χ0) is 14.0. The van der Waals surface area contributed by atoms with Crippen LogP contribution in [0.5, 0.6) is 0 Å². The molecule has 0 bridgehead atoms. The van der Waals surface area contributed by atoms with Gasteiger partial charge in [0.1, 0.15) is 0 Å². The number of rotatable bonds is 4. The molecule has 100 valence electrons. The molecule has 17 heavy (non-hydrogen) atoms. The summed E-state index contributed by atoms with van der Waals surface area (Å²) in [6.45, 7) is 2.29. The quantitative estimate of drug-likeness (QED) is 0.763. The van der Waals surface area contributed by atoms with E-state index in [9.17, 15) is 31.5 Å². The topological polar surface area (TPSA) is 66.4 Å². The molecule has 0 aliphatic carbocycles. The summed E-state index contributed by atoms with van der Waals surface area (Å²) in [5, 5.41) is 9.61. The Hall–Kier alpha value is -1.41. The average molecular weight is 263 g/mol. The third-order valence-corrected chi connectivity index (χ3v) is 1.89. The van der Waals surface area contributed by atoms with Gasteiger partial charge in [-0.3, -0.25) is 4.79 Å². The number of alkyl halides is 5. The van der Waals surface area contributed by atoms with Gasteiger partial charge in [-0.25, -0.2) is 4.79 Å². The van der Waals surface area contributed by atoms with Crippen molar-refractivity contribution in [2.75, 3.05) is 0 Å². The SMILES string of the molecule is CC(C)C(NC(=O)O)C(=O)C(F)(F)C(F)(F)F. The fourth-order valence-electron chi connectivity index (χ4n) is 1.00. The molecule has 0 spiro atoms. The summed E-state index contributed by atoms with van der Waals surface area (Å²) in [5.74, 6) is -9.13. The minimum atomic E-state index is -6.04. The number of Topliss-reactive ketones (excluding diaryl/α,β-unsaturated/α-hetero) is 1. The molecule has 0 aliphatic rings. The summed E-state index contributed by atoms with van der Waals surface area (Å²) < 4.78 is 61.1. The highest BCUT2D eigenvalue weighted by molar-refractivity contribution is 5.93. The Morgan fingerprint density at radius 1 is 1.12 bits per heavy atom. The number of amides is 1. The van der Waals surface area contributed by atoms with Crippen molar-refractivity contribution < 1.29 is 36.6 Å². The van der Waals surface area contributed by atoms with E-state index in [1.807, 2.05) is 0 Å². The molecule has 1 atom stereocenters. The van der Waals surface area contributed by atoms with Crippen LogP contribution in [0.1, 0.15) is 13.8 Å². The predicted octanol–water partition coefficient (Wildman–Crippen LogP) is 2.05. The Morgan fingerprint density at radius 2 is 1.53 bits per heavy atom. The van der Waals surface area contributed by atoms with E-state index in [4.69, 9.17) is 5.11 Å². The lowest BCUT2D eigenvalue weighted by atomic mass is 9.96. The molecule has 0 aromatic rings. The van der Waals surface area contributed by atoms with Gasteiger partial charge in [0.25, 0.3) is 0 Å². The molecule has 0 rings (SSSR count). The number of carbonyl (C=O) groups is 2. The standard InChI is InChI=1S/C8H10F5NO3/c1-3(2)4(14-6(16)17)5(15)7(9,10)8(11,12)13/h3-4,14H,1-2H3,(H,16,17). The first kappa shape index (κ1) is 15.6. The fourth-order valence-corrected chi connectivity index (χ4v) is 1.00. The largest absolute Gasteiger partial charge is 0.465 e. The Balaban J connectivity index is 5.16. The van der Waals surface area contributed by atoms with Gasteiger partial charge in [0.2, 0.25) is 5.78 Å². The molecule has 0 heterocycles. The van der Waals surface area contributed by atoms with E-state index in [2.05, 4.69) is 0 Å².